The molecule has 0 saturated carbocycles. The topological polar surface area (TPSA) is 72.2 Å². The Kier molecular flexibility index (Phi) is 4.06. The van der Waals surface area contributed by atoms with E-state index in [1.807, 2.05) is 0 Å². The Labute approximate surface area is 152 Å². The molecule has 0 aliphatic rings. The molecule has 26 heavy (non-hydrogen) atoms. The lowest BCUT2D eigenvalue weighted by Gasteiger charge is -2.04. The minimum absolute atomic E-state index is 0.184. The quantitative estimate of drug-likeness (QED) is 0.597. The third-order valence-corrected chi connectivity index (χ3v) is 3.92. The van der Waals surface area contributed by atoms with Gasteiger partial charge in [0.05, 0.1) is 10.7 Å². The molecule has 4 rings (SSSR count). The number of hydrogen-bond donors (Lipinski definition) is 1. The number of nitrogens with one attached hydrogen (secondary N) is 1. The van der Waals surface area contributed by atoms with Crippen molar-refractivity contribution in [3.05, 3.63) is 77.5 Å². The Morgan fingerprint density at radius 2 is 1.88 bits per heavy atom. The highest BCUT2D eigenvalue weighted by Gasteiger charge is 2.14. The van der Waals surface area contributed by atoms with Gasteiger partial charge in [-0.05, 0) is 42.5 Å². The highest BCUT2D eigenvalue weighted by atomic mass is 35.5. The number of anilines is 1. The number of rotatable bonds is 3. The van der Waals surface area contributed by atoms with Crippen LogP contribution in [0, 0.1) is 5.82 Å². The van der Waals surface area contributed by atoms with Crippen molar-refractivity contribution in [2.24, 2.45) is 0 Å². The van der Waals surface area contributed by atoms with Crippen LogP contribution in [-0.2, 0) is 0 Å². The van der Waals surface area contributed by atoms with Gasteiger partial charge >= 0.3 is 0 Å². The lowest BCUT2D eigenvalue weighted by molar-refractivity contribution is 0.102. The molecule has 0 fully saturated rings. The second-order valence-corrected chi connectivity index (χ2v) is 5.89. The minimum atomic E-state index is -0.421. The third kappa shape index (κ3) is 3.12. The van der Waals surface area contributed by atoms with Crippen molar-refractivity contribution in [2.75, 3.05) is 5.32 Å². The van der Waals surface area contributed by atoms with Crippen LogP contribution < -0.4 is 5.32 Å². The summed E-state index contributed by atoms with van der Waals surface area (Å²) in [5, 5.41) is 7.45. The van der Waals surface area contributed by atoms with Crippen molar-refractivity contribution >= 4 is 29.0 Å². The average molecular weight is 368 g/mol. The fourth-order valence-corrected chi connectivity index (χ4v) is 2.59. The largest absolute Gasteiger partial charge is 0.305 e. The molecule has 4 aromatic rings. The van der Waals surface area contributed by atoms with Crippen LogP contribution >= 0.6 is 11.6 Å². The molecular formula is C18H11ClFN5O. The Bertz CT molecular complexity index is 1090. The zero-order valence-electron chi connectivity index (χ0n) is 13.2. The van der Waals surface area contributed by atoms with E-state index < -0.39 is 5.91 Å². The summed E-state index contributed by atoms with van der Waals surface area (Å²) in [5.74, 6) is -0.381. The summed E-state index contributed by atoms with van der Waals surface area (Å²) in [7, 11) is 0. The maximum Gasteiger partial charge on any atom is 0.277 e. The van der Waals surface area contributed by atoms with Gasteiger partial charge in [0.15, 0.2) is 11.3 Å². The minimum Gasteiger partial charge on any atom is -0.305 e. The summed E-state index contributed by atoms with van der Waals surface area (Å²) in [6, 6.07) is 12.6. The number of amides is 1. The van der Waals surface area contributed by atoms with E-state index in [0.29, 0.717) is 22.2 Å². The lowest BCUT2D eigenvalue weighted by Crippen LogP contribution is -2.13. The molecular weight excluding hydrogens is 357 g/mol. The summed E-state index contributed by atoms with van der Waals surface area (Å²) in [4.78, 5) is 20.7. The molecule has 1 amide bonds. The Hall–Kier alpha value is -3.32. The number of hydrogen-bond acceptors (Lipinski definition) is 4. The van der Waals surface area contributed by atoms with Crippen LogP contribution in [0.4, 0.5) is 10.2 Å². The van der Waals surface area contributed by atoms with Gasteiger partial charge in [0.2, 0.25) is 0 Å². The molecule has 0 radical (unpaired) electrons. The molecule has 0 bridgehead atoms. The molecule has 0 aliphatic heterocycles. The predicted octanol–water partition coefficient (Wildman–Crippen LogP) is 3.84. The van der Waals surface area contributed by atoms with Gasteiger partial charge in [-0.25, -0.2) is 18.9 Å². The van der Waals surface area contributed by atoms with E-state index in [9.17, 15) is 9.18 Å². The third-order valence-electron chi connectivity index (χ3n) is 3.70. The molecule has 0 atom stereocenters. The zero-order valence-corrected chi connectivity index (χ0v) is 14.0. The maximum atomic E-state index is 13.2. The SMILES string of the molecule is O=C(Nc1ccc(Cl)cn1)c1cc2nccc(-c3ccc(F)cc3)n2n1. The van der Waals surface area contributed by atoms with Gasteiger partial charge in [-0.1, -0.05) is 11.6 Å². The first kappa shape index (κ1) is 16.2. The molecule has 0 spiro atoms. The molecule has 3 heterocycles. The number of carbonyl (C=O) groups excluding carboxylic acids is 1. The second kappa shape index (κ2) is 6.53. The van der Waals surface area contributed by atoms with E-state index in [0.717, 1.165) is 5.56 Å². The summed E-state index contributed by atoms with van der Waals surface area (Å²) >= 11 is 5.78. The Morgan fingerprint density at radius 1 is 1.08 bits per heavy atom. The molecule has 8 heteroatoms. The number of nitrogens with zero attached hydrogens (tertiary/aromatic N) is 4. The van der Waals surface area contributed by atoms with Crippen LogP contribution in [0.15, 0.2) is 60.9 Å². The fourth-order valence-electron chi connectivity index (χ4n) is 2.48. The maximum absolute atomic E-state index is 13.2. The fraction of sp³-hybridized carbons (Fsp3) is 0. The number of aromatic nitrogens is 4. The summed E-state index contributed by atoms with van der Waals surface area (Å²) in [6.07, 6.45) is 3.05. The lowest BCUT2D eigenvalue weighted by atomic mass is 10.1. The van der Waals surface area contributed by atoms with Gasteiger partial charge in [-0.15, -0.1) is 0 Å². The Balaban J connectivity index is 1.69. The van der Waals surface area contributed by atoms with E-state index in [2.05, 4.69) is 20.4 Å². The predicted molar refractivity (Wildman–Crippen MR) is 95.6 cm³/mol. The molecule has 1 N–H and O–H groups in total. The summed E-state index contributed by atoms with van der Waals surface area (Å²) in [6.45, 7) is 0. The van der Waals surface area contributed by atoms with Crippen molar-refractivity contribution < 1.29 is 9.18 Å². The van der Waals surface area contributed by atoms with Crippen LogP contribution in [0.3, 0.4) is 0 Å². The van der Waals surface area contributed by atoms with Crippen LogP contribution in [0.1, 0.15) is 10.5 Å². The average Bonchev–Trinajstić information content (AvgIpc) is 3.09. The molecule has 3 aromatic heterocycles. The van der Waals surface area contributed by atoms with E-state index in [1.165, 1.54) is 22.8 Å². The second-order valence-electron chi connectivity index (χ2n) is 5.45. The molecule has 6 nitrogen and oxygen atoms in total. The number of fused-ring (bicyclic) bond motifs is 1. The van der Waals surface area contributed by atoms with Gasteiger partial charge in [-0.3, -0.25) is 4.79 Å². The molecule has 0 saturated heterocycles. The number of carbonyl (C=O) groups is 1. The van der Waals surface area contributed by atoms with E-state index in [-0.39, 0.29) is 11.5 Å². The standard InChI is InChI=1S/C18H11ClFN5O/c19-12-3-6-16(22-10-12)23-18(26)14-9-17-21-8-7-15(25(17)24-14)11-1-4-13(20)5-2-11/h1-10H,(H,22,23,26). The first-order chi connectivity index (χ1) is 12.6. The van der Waals surface area contributed by atoms with Crippen molar-refractivity contribution in [3.63, 3.8) is 0 Å². The first-order valence-corrected chi connectivity index (χ1v) is 8.01. The Morgan fingerprint density at radius 3 is 2.62 bits per heavy atom. The van der Waals surface area contributed by atoms with Gasteiger partial charge in [0.25, 0.3) is 5.91 Å². The smallest absolute Gasteiger partial charge is 0.277 e. The molecule has 0 aliphatic carbocycles. The zero-order chi connectivity index (χ0) is 18.1. The van der Waals surface area contributed by atoms with Crippen LogP contribution in [0.5, 0.6) is 0 Å². The number of benzene rings is 1. The highest BCUT2D eigenvalue weighted by molar-refractivity contribution is 6.30. The number of pyridine rings is 1. The van der Waals surface area contributed by atoms with Crippen LogP contribution in [-0.4, -0.2) is 25.5 Å². The monoisotopic (exact) mass is 367 g/mol. The first-order valence-electron chi connectivity index (χ1n) is 7.64. The van der Waals surface area contributed by atoms with Gasteiger partial charge in [0, 0.05) is 24.0 Å². The summed E-state index contributed by atoms with van der Waals surface area (Å²) < 4.78 is 14.7. The van der Waals surface area contributed by atoms with Crippen LogP contribution in [0.25, 0.3) is 16.9 Å². The van der Waals surface area contributed by atoms with Crippen molar-refractivity contribution in [1.82, 2.24) is 19.6 Å². The van der Waals surface area contributed by atoms with Crippen molar-refractivity contribution in [3.8, 4) is 11.3 Å². The van der Waals surface area contributed by atoms with Crippen LogP contribution in [0.2, 0.25) is 5.02 Å². The summed E-state index contributed by atoms with van der Waals surface area (Å²) in [5.41, 5.74) is 2.14. The van der Waals surface area contributed by atoms with Crippen molar-refractivity contribution in [1.29, 1.82) is 0 Å². The van der Waals surface area contributed by atoms with Gasteiger partial charge < -0.3 is 5.32 Å². The highest BCUT2D eigenvalue weighted by Crippen LogP contribution is 2.21. The molecule has 0 unspecified atom stereocenters. The van der Waals surface area contributed by atoms with Gasteiger partial charge in [0.1, 0.15) is 11.6 Å². The van der Waals surface area contributed by atoms with E-state index >= 15 is 0 Å². The molecule has 1 aromatic carbocycles. The van der Waals surface area contributed by atoms with Crippen molar-refractivity contribution in [2.45, 2.75) is 0 Å². The number of halogens is 2. The molecule has 128 valence electrons. The van der Waals surface area contributed by atoms with Gasteiger partial charge in [-0.2, -0.15) is 5.10 Å². The van der Waals surface area contributed by atoms with E-state index in [1.54, 1.807) is 42.6 Å². The normalized spacial score (nSPS) is 10.8. The van der Waals surface area contributed by atoms with E-state index in [4.69, 9.17) is 11.6 Å².